The van der Waals surface area contributed by atoms with Crippen LogP contribution in [0, 0.1) is 6.92 Å². The SMILES string of the molecule is Cc1ccnc(NCc2csc(-c3ccccc3)c2)c1. The van der Waals surface area contributed by atoms with Crippen molar-refractivity contribution in [3.63, 3.8) is 0 Å². The van der Waals surface area contributed by atoms with Crippen molar-refractivity contribution in [2.24, 2.45) is 0 Å². The van der Waals surface area contributed by atoms with E-state index in [1.54, 1.807) is 11.3 Å². The van der Waals surface area contributed by atoms with Crippen molar-refractivity contribution < 1.29 is 0 Å². The quantitative estimate of drug-likeness (QED) is 0.747. The fourth-order valence-electron chi connectivity index (χ4n) is 2.05. The van der Waals surface area contributed by atoms with Gasteiger partial charge >= 0.3 is 0 Å². The summed E-state index contributed by atoms with van der Waals surface area (Å²) >= 11 is 1.78. The summed E-state index contributed by atoms with van der Waals surface area (Å²) in [7, 11) is 0. The van der Waals surface area contributed by atoms with Crippen molar-refractivity contribution in [1.29, 1.82) is 0 Å². The average Bonchev–Trinajstić information content (AvgIpc) is 2.95. The van der Waals surface area contributed by atoms with Crippen molar-refractivity contribution in [3.8, 4) is 10.4 Å². The second-order valence-corrected chi connectivity index (χ2v) is 5.67. The number of aromatic nitrogens is 1. The topological polar surface area (TPSA) is 24.9 Å². The molecule has 0 atom stereocenters. The van der Waals surface area contributed by atoms with E-state index in [2.05, 4.69) is 59.0 Å². The van der Waals surface area contributed by atoms with E-state index in [1.165, 1.54) is 21.6 Å². The van der Waals surface area contributed by atoms with Gasteiger partial charge < -0.3 is 5.32 Å². The lowest BCUT2D eigenvalue weighted by molar-refractivity contribution is 1.12. The van der Waals surface area contributed by atoms with Gasteiger partial charge in [0.15, 0.2) is 0 Å². The maximum Gasteiger partial charge on any atom is 0.126 e. The predicted molar refractivity (Wildman–Crippen MR) is 86.1 cm³/mol. The molecule has 0 unspecified atom stereocenters. The minimum Gasteiger partial charge on any atom is -0.366 e. The van der Waals surface area contributed by atoms with Gasteiger partial charge in [-0.25, -0.2) is 4.98 Å². The third-order valence-corrected chi connectivity index (χ3v) is 4.13. The van der Waals surface area contributed by atoms with E-state index in [9.17, 15) is 0 Å². The number of hydrogen-bond donors (Lipinski definition) is 1. The van der Waals surface area contributed by atoms with Crippen LogP contribution in [0.2, 0.25) is 0 Å². The summed E-state index contributed by atoms with van der Waals surface area (Å²) in [6.07, 6.45) is 1.83. The normalized spacial score (nSPS) is 10.4. The van der Waals surface area contributed by atoms with Crippen LogP contribution in [0.3, 0.4) is 0 Å². The van der Waals surface area contributed by atoms with E-state index < -0.39 is 0 Å². The third-order valence-electron chi connectivity index (χ3n) is 3.10. The number of benzene rings is 1. The Morgan fingerprint density at radius 2 is 1.95 bits per heavy atom. The summed E-state index contributed by atoms with van der Waals surface area (Å²) in [4.78, 5) is 5.62. The van der Waals surface area contributed by atoms with Gasteiger partial charge in [0, 0.05) is 17.6 Å². The first-order valence-corrected chi connectivity index (χ1v) is 7.48. The molecule has 0 aliphatic heterocycles. The molecule has 2 aromatic heterocycles. The summed E-state index contributed by atoms with van der Waals surface area (Å²) in [6, 6.07) is 16.8. The van der Waals surface area contributed by atoms with E-state index in [4.69, 9.17) is 0 Å². The second kappa shape index (κ2) is 5.88. The standard InChI is InChI=1S/C17H16N2S/c1-13-7-8-18-17(9-13)19-11-14-10-16(20-12-14)15-5-3-2-4-6-15/h2-10,12H,11H2,1H3,(H,18,19). The van der Waals surface area contributed by atoms with Gasteiger partial charge in [-0.15, -0.1) is 11.3 Å². The van der Waals surface area contributed by atoms with Crippen LogP contribution in [-0.2, 0) is 6.54 Å². The van der Waals surface area contributed by atoms with Gasteiger partial charge in [-0.2, -0.15) is 0 Å². The summed E-state index contributed by atoms with van der Waals surface area (Å²) in [6.45, 7) is 2.88. The molecule has 0 spiro atoms. The Kier molecular flexibility index (Phi) is 3.79. The van der Waals surface area contributed by atoms with Crippen LogP contribution in [0.5, 0.6) is 0 Å². The van der Waals surface area contributed by atoms with Gasteiger partial charge in [-0.05, 0) is 47.2 Å². The maximum absolute atomic E-state index is 4.31. The first-order chi connectivity index (χ1) is 9.81. The molecule has 3 aromatic rings. The van der Waals surface area contributed by atoms with E-state index in [0.717, 1.165) is 12.4 Å². The molecule has 0 bridgehead atoms. The van der Waals surface area contributed by atoms with Crippen molar-refractivity contribution in [3.05, 3.63) is 71.2 Å². The molecule has 3 rings (SSSR count). The molecule has 0 saturated heterocycles. The Morgan fingerprint density at radius 3 is 2.75 bits per heavy atom. The van der Waals surface area contributed by atoms with Crippen molar-refractivity contribution in [2.45, 2.75) is 13.5 Å². The summed E-state index contributed by atoms with van der Waals surface area (Å²) in [5.41, 5.74) is 3.78. The lowest BCUT2D eigenvalue weighted by Gasteiger charge is -2.04. The van der Waals surface area contributed by atoms with Gasteiger partial charge in [0.1, 0.15) is 5.82 Å². The molecule has 1 N–H and O–H groups in total. The van der Waals surface area contributed by atoms with Crippen molar-refractivity contribution in [1.82, 2.24) is 4.98 Å². The van der Waals surface area contributed by atoms with Crippen LogP contribution in [0.25, 0.3) is 10.4 Å². The zero-order chi connectivity index (χ0) is 13.8. The molecule has 3 heteroatoms. The van der Waals surface area contributed by atoms with Crippen LogP contribution in [0.4, 0.5) is 5.82 Å². The zero-order valence-electron chi connectivity index (χ0n) is 11.3. The second-order valence-electron chi connectivity index (χ2n) is 4.76. The zero-order valence-corrected chi connectivity index (χ0v) is 12.2. The highest BCUT2D eigenvalue weighted by atomic mass is 32.1. The molecule has 0 fully saturated rings. The molecule has 1 aromatic carbocycles. The lowest BCUT2D eigenvalue weighted by Crippen LogP contribution is -2.00. The number of thiophene rings is 1. The molecule has 0 amide bonds. The molecule has 2 heterocycles. The Hall–Kier alpha value is -2.13. The van der Waals surface area contributed by atoms with Crippen LogP contribution < -0.4 is 5.32 Å². The Bertz CT molecular complexity index is 689. The minimum atomic E-state index is 0.805. The number of nitrogens with zero attached hydrogens (tertiary/aromatic N) is 1. The van der Waals surface area contributed by atoms with Crippen LogP contribution >= 0.6 is 11.3 Å². The monoisotopic (exact) mass is 280 g/mol. The van der Waals surface area contributed by atoms with E-state index in [-0.39, 0.29) is 0 Å². The summed E-state index contributed by atoms with van der Waals surface area (Å²) in [5, 5.41) is 5.56. The third kappa shape index (κ3) is 3.06. The van der Waals surface area contributed by atoms with Crippen molar-refractivity contribution in [2.75, 3.05) is 5.32 Å². The van der Waals surface area contributed by atoms with E-state index in [1.807, 2.05) is 18.3 Å². The fraction of sp³-hybridized carbons (Fsp3) is 0.118. The van der Waals surface area contributed by atoms with Crippen LogP contribution in [-0.4, -0.2) is 4.98 Å². The average molecular weight is 280 g/mol. The number of nitrogens with one attached hydrogen (secondary N) is 1. The fourth-order valence-corrected chi connectivity index (χ4v) is 2.97. The molecule has 0 saturated carbocycles. The Balaban J connectivity index is 1.69. The van der Waals surface area contributed by atoms with Crippen LogP contribution in [0.15, 0.2) is 60.1 Å². The molecule has 0 aliphatic rings. The number of aryl methyl sites for hydroxylation is 1. The molecule has 20 heavy (non-hydrogen) atoms. The number of pyridine rings is 1. The predicted octanol–water partition coefficient (Wildman–Crippen LogP) is 4.73. The minimum absolute atomic E-state index is 0.805. The summed E-state index contributed by atoms with van der Waals surface area (Å²) < 4.78 is 0. The number of hydrogen-bond acceptors (Lipinski definition) is 3. The highest BCUT2D eigenvalue weighted by Gasteiger charge is 2.02. The number of rotatable bonds is 4. The molecule has 0 aliphatic carbocycles. The first-order valence-electron chi connectivity index (χ1n) is 6.60. The summed E-state index contributed by atoms with van der Waals surface area (Å²) in [5.74, 6) is 0.928. The van der Waals surface area contributed by atoms with Gasteiger partial charge in [0.25, 0.3) is 0 Å². The smallest absolute Gasteiger partial charge is 0.126 e. The first kappa shape index (κ1) is 12.9. The largest absolute Gasteiger partial charge is 0.366 e. The molecular weight excluding hydrogens is 264 g/mol. The molecule has 100 valence electrons. The number of anilines is 1. The molecule has 0 radical (unpaired) electrons. The van der Waals surface area contributed by atoms with Gasteiger partial charge in [-0.1, -0.05) is 30.3 Å². The van der Waals surface area contributed by atoms with Crippen molar-refractivity contribution >= 4 is 17.2 Å². The maximum atomic E-state index is 4.31. The molecular formula is C17H16N2S. The highest BCUT2D eigenvalue weighted by Crippen LogP contribution is 2.27. The molecule has 2 nitrogen and oxygen atoms in total. The van der Waals surface area contributed by atoms with Gasteiger partial charge in [0.2, 0.25) is 0 Å². The van der Waals surface area contributed by atoms with Crippen LogP contribution in [0.1, 0.15) is 11.1 Å². The van der Waals surface area contributed by atoms with Gasteiger partial charge in [-0.3, -0.25) is 0 Å². The Labute approximate surface area is 123 Å². The van der Waals surface area contributed by atoms with Gasteiger partial charge in [0.05, 0.1) is 0 Å². The van der Waals surface area contributed by atoms with E-state index >= 15 is 0 Å². The lowest BCUT2D eigenvalue weighted by atomic mass is 10.2. The highest BCUT2D eigenvalue weighted by molar-refractivity contribution is 7.13. The Morgan fingerprint density at radius 1 is 1.10 bits per heavy atom. The van der Waals surface area contributed by atoms with E-state index in [0.29, 0.717) is 0 Å².